The van der Waals surface area contributed by atoms with Crippen LogP contribution in [0.3, 0.4) is 0 Å². The number of halogens is 8. The van der Waals surface area contributed by atoms with Crippen molar-refractivity contribution < 1.29 is 40.2 Å². The van der Waals surface area contributed by atoms with Crippen LogP contribution in [0, 0.1) is 48.8 Å². The van der Waals surface area contributed by atoms with Gasteiger partial charge in [-0.1, -0.05) is 12.1 Å². The van der Waals surface area contributed by atoms with E-state index in [9.17, 15) is 35.3 Å². The van der Waals surface area contributed by atoms with Gasteiger partial charge in [0.1, 0.15) is 41.6 Å². The lowest BCUT2D eigenvalue weighted by Crippen LogP contribution is -1.95. The van der Waals surface area contributed by atoms with E-state index in [4.69, 9.17) is 0 Å². The summed E-state index contributed by atoms with van der Waals surface area (Å²) in [7, 11) is 0. The molecule has 0 bridgehead atoms. The Morgan fingerprint density at radius 2 is 1.06 bits per heavy atom. The molecule has 4 rings (SSSR count). The van der Waals surface area contributed by atoms with Crippen LogP contribution in [0.4, 0.5) is 35.3 Å². The highest BCUT2D eigenvalue weighted by atomic mass is 19.3. The fourth-order valence-electron chi connectivity index (χ4n) is 3.32. The molecule has 1 nitrogen and oxygen atoms in total. The minimum Gasteiger partial charge on any atom is -0.294 e. The maximum absolute atomic E-state index is 13.7. The van der Waals surface area contributed by atoms with Crippen LogP contribution in [0.15, 0.2) is 60.7 Å². The maximum Gasteiger partial charge on any atom is 0.174 e. The Bertz CT molecular complexity index is 1350. The van der Waals surface area contributed by atoms with Crippen LogP contribution in [0.1, 0.15) is 16.7 Å². The molecule has 4 aromatic carbocycles. The molecular weight excluding hydrogens is 492 g/mol. The predicted molar refractivity (Wildman–Crippen MR) is 120 cm³/mol. The van der Waals surface area contributed by atoms with Crippen molar-refractivity contribution in [3.8, 4) is 28.0 Å². The monoisotopic (exact) mass is 510 g/mol. The molecule has 0 saturated carbocycles. The molecular formula is C27H18F8O. The van der Waals surface area contributed by atoms with Gasteiger partial charge in [0.05, 0.1) is 5.56 Å². The van der Waals surface area contributed by atoms with Gasteiger partial charge in [-0.05, 0) is 73.0 Å². The molecule has 0 saturated heterocycles. The Balaban J connectivity index is 0.000000201. The van der Waals surface area contributed by atoms with Gasteiger partial charge < -0.3 is 0 Å². The topological polar surface area (TPSA) is 9.23 Å². The number of aryl methyl sites for hydroxylation is 1. The summed E-state index contributed by atoms with van der Waals surface area (Å²) in [5, 5.41) is 0. The van der Waals surface area contributed by atoms with Crippen molar-refractivity contribution in [3.05, 3.63) is 112 Å². The first-order valence-electron chi connectivity index (χ1n) is 10.4. The van der Waals surface area contributed by atoms with Gasteiger partial charge >= 0.3 is 0 Å². The Morgan fingerprint density at radius 3 is 1.50 bits per heavy atom. The number of rotatable bonds is 4. The molecule has 0 aliphatic carbocycles. The lowest BCUT2D eigenvalue weighted by Gasteiger charge is -2.07. The van der Waals surface area contributed by atoms with E-state index >= 15 is 0 Å². The van der Waals surface area contributed by atoms with Gasteiger partial charge in [0.25, 0.3) is 0 Å². The summed E-state index contributed by atoms with van der Waals surface area (Å²) in [5.41, 5.74) is 0.0855. The van der Waals surface area contributed by atoms with Gasteiger partial charge in [0.2, 0.25) is 0 Å². The second-order valence-corrected chi connectivity index (χ2v) is 7.82. The van der Waals surface area contributed by atoms with E-state index in [1.807, 2.05) is 0 Å². The molecule has 0 N–H and O–H groups in total. The third-order valence-electron chi connectivity index (χ3n) is 5.33. The summed E-state index contributed by atoms with van der Waals surface area (Å²) in [5.74, 6) is -5.26. The van der Waals surface area contributed by atoms with Crippen LogP contribution in [-0.4, -0.2) is 0 Å². The van der Waals surface area contributed by atoms with Gasteiger partial charge in [0.15, 0.2) is 5.75 Å². The van der Waals surface area contributed by atoms with Gasteiger partial charge in [-0.2, -0.15) is 0 Å². The van der Waals surface area contributed by atoms with E-state index < -0.39 is 47.1 Å². The van der Waals surface area contributed by atoms with Crippen molar-refractivity contribution in [2.75, 3.05) is 0 Å². The largest absolute Gasteiger partial charge is 0.294 e. The average molecular weight is 510 g/mol. The first-order chi connectivity index (χ1) is 17.0. The SMILES string of the molecule is Cc1c(F)cc(-c2ccc(OF)cc2F)cc1F.Cc1ccc(-c2cc(F)c(CF)c(F)c2)c(F)c1. The summed E-state index contributed by atoms with van der Waals surface area (Å²) in [6.45, 7) is 1.76. The second kappa shape index (κ2) is 11.2. The van der Waals surface area contributed by atoms with E-state index in [2.05, 4.69) is 4.94 Å². The van der Waals surface area contributed by atoms with Gasteiger partial charge in [-0.3, -0.25) is 4.94 Å². The first kappa shape index (κ1) is 26.7. The van der Waals surface area contributed by atoms with Gasteiger partial charge in [-0.15, -0.1) is 0 Å². The van der Waals surface area contributed by atoms with Crippen LogP contribution in [0.2, 0.25) is 0 Å². The molecule has 36 heavy (non-hydrogen) atoms. The highest BCUT2D eigenvalue weighted by Crippen LogP contribution is 2.29. The number of hydrogen-bond acceptors (Lipinski definition) is 1. The van der Waals surface area contributed by atoms with E-state index in [1.165, 1.54) is 25.1 Å². The molecule has 4 aromatic rings. The smallest absolute Gasteiger partial charge is 0.174 e. The Morgan fingerprint density at radius 1 is 0.583 bits per heavy atom. The minimum atomic E-state index is -1.23. The van der Waals surface area contributed by atoms with Crippen LogP contribution in [0.5, 0.6) is 5.75 Å². The highest BCUT2D eigenvalue weighted by Gasteiger charge is 2.14. The molecule has 0 unspecified atom stereocenters. The number of hydrogen-bond donors (Lipinski definition) is 0. The highest BCUT2D eigenvalue weighted by molar-refractivity contribution is 5.66. The molecule has 0 amide bonds. The van der Waals surface area contributed by atoms with E-state index in [1.54, 1.807) is 13.0 Å². The van der Waals surface area contributed by atoms with Gasteiger partial charge in [-0.25, -0.2) is 30.7 Å². The molecule has 0 aromatic heterocycles. The van der Waals surface area contributed by atoms with Crippen molar-refractivity contribution in [1.82, 2.24) is 0 Å². The van der Waals surface area contributed by atoms with Crippen LogP contribution < -0.4 is 4.94 Å². The summed E-state index contributed by atoms with van der Waals surface area (Å²) in [6.07, 6.45) is 0. The molecule has 0 heterocycles. The zero-order valence-electron chi connectivity index (χ0n) is 18.9. The van der Waals surface area contributed by atoms with Crippen LogP contribution in [-0.2, 0) is 6.67 Å². The van der Waals surface area contributed by atoms with E-state index in [0.717, 1.165) is 36.4 Å². The third kappa shape index (κ3) is 5.84. The third-order valence-corrected chi connectivity index (χ3v) is 5.33. The zero-order valence-corrected chi connectivity index (χ0v) is 18.9. The maximum atomic E-state index is 13.7. The Labute approximate surface area is 201 Å². The fraction of sp³-hybridized carbons (Fsp3) is 0.111. The average Bonchev–Trinajstić information content (AvgIpc) is 2.82. The van der Waals surface area contributed by atoms with Crippen molar-refractivity contribution in [2.24, 2.45) is 0 Å². The number of benzene rings is 4. The lowest BCUT2D eigenvalue weighted by atomic mass is 10.0. The standard InChI is InChI=1S/C14H10F4.C13H8F4O/c1-8-2-3-10(12(16)4-8)9-5-13(17)11(7-15)14(18)6-9;1-7-11(14)4-8(5-12(7)15)10-3-2-9(18-17)6-13(10)16/h2-6H,7H2,1H3;2-6H,1H3. The predicted octanol–water partition coefficient (Wildman–Crippen LogP) is 8.89. The second-order valence-electron chi connectivity index (χ2n) is 7.82. The van der Waals surface area contributed by atoms with Crippen molar-refractivity contribution in [3.63, 3.8) is 0 Å². The normalized spacial score (nSPS) is 10.6. The molecule has 188 valence electrons. The minimum absolute atomic E-state index is 0.0337. The van der Waals surface area contributed by atoms with Crippen molar-refractivity contribution in [2.45, 2.75) is 20.5 Å². The first-order valence-corrected chi connectivity index (χ1v) is 10.4. The quantitative estimate of drug-likeness (QED) is 0.249. The summed E-state index contributed by atoms with van der Waals surface area (Å²) in [6, 6.07) is 11.4. The van der Waals surface area contributed by atoms with Crippen molar-refractivity contribution >= 4 is 0 Å². The fourth-order valence-corrected chi connectivity index (χ4v) is 3.32. The Hall–Kier alpha value is -3.88. The molecule has 0 atom stereocenters. The number of alkyl halides is 1. The van der Waals surface area contributed by atoms with Gasteiger partial charge in [0, 0.05) is 27.3 Å². The van der Waals surface area contributed by atoms with Crippen molar-refractivity contribution in [1.29, 1.82) is 0 Å². The van der Waals surface area contributed by atoms with Crippen LogP contribution in [0.25, 0.3) is 22.3 Å². The lowest BCUT2D eigenvalue weighted by molar-refractivity contribution is -0.00652. The van der Waals surface area contributed by atoms with E-state index in [-0.39, 0.29) is 33.6 Å². The molecule has 9 heteroatoms. The van der Waals surface area contributed by atoms with Crippen LogP contribution >= 0.6 is 0 Å². The summed E-state index contributed by atoms with van der Waals surface area (Å²) >= 11 is 0. The Kier molecular flexibility index (Phi) is 8.34. The zero-order chi connectivity index (χ0) is 26.6. The molecule has 0 aliphatic rings. The summed E-state index contributed by atoms with van der Waals surface area (Å²) < 4.78 is 105. The summed E-state index contributed by atoms with van der Waals surface area (Å²) in [4.78, 5) is 3.36. The van der Waals surface area contributed by atoms with E-state index in [0.29, 0.717) is 5.56 Å². The molecule has 0 spiro atoms. The molecule has 0 aliphatic heterocycles. The molecule has 0 radical (unpaired) electrons. The molecule has 0 fully saturated rings.